The molecule has 0 aliphatic carbocycles. The second-order valence-corrected chi connectivity index (χ2v) is 3.52. The Morgan fingerprint density at radius 1 is 1.39 bits per heavy atom. The third-order valence-corrected chi connectivity index (χ3v) is 2.06. The lowest BCUT2D eigenvalue weighted by molar-refractivity contribution is -0.117. The van der Waals surface area contributed by atoms with Gasteiger partial charge in [-0.25, -0.2) is 0 Å². The summed E-state index contributed by atoms with van der Waals surface area (Å²) in [5, 5.41) is 2.46. The first kappa shape index (κ1) is 14.2. The first-order valence-corrected chi connectivity index (χ1v) is 5.13. The third-order valence-electron chi connectivity index (χ3n) is 2.06. The molecule has 0 aliphatic rings. The molecule has 0 saturated carbocycles. The summed E-state index contributed by atoms with van der Waals surface area (Å²) in [7, 11) is 1.33. The van der Waals surface area contributed by atoms with Crippen LogP contribution in [-0.2, 0) is 4.79 Å². The number of rotatable bonds is 5. The molecule has 0 aromatic heterocycles. The van der Waals surface area contributed by atoms with E-state index in [2.05, 4.69) is 10.1 Å². The van der Waals surface area contributed by atoms with Gasteiger partial charge in [-0.1, -0.05) is 0 Å². The summed E-state index contributed by atoms with van der Waals surface area (Å²) in [4.78, 5) is 11.3. The summed E-state index contributed by atoms with van der Waals surface area (Å²) in [5.41, 5.74) is 5.67. The van der Waals surface area contributed by atoms with Gasteiger partial charge in [-0.3, -0.25) is 4.79 Å². The van der Waals surface area contributed by atoms with Crippen LogP contribution in [0.4, 0.5) is 14.5 Å². The zero-order valence-corrected chi connectivity index (χ0v) is 9.94. The molecule has 0 heterocycles. The number of halogens is 2. The fourth-order valence-electron chi connectivity index (χ4n) is 1.20. The van der Waals surface area contributed by atoms with Crippen LogP contribution in [0.15, 0.2) is 18.2 Å². The van der Waals surface area contributed by atoms with Crippen molar-refractivity contribution >= 4 is 11.6 Å². The van der Waals surface area contributed by atoms with Gasteiger partial charge in [0, 0.05) is 11.8 Å². The van der Waals surface area contributed by atoms with Gasteiger partial charge in [-0.15, -0.1) is 0 Å². The van der Waals surface area contributed by atoms with E-state index in [1.807, 2.05) is 0 Å². The summed E-state index contributed by atoms with van der Waals surface area (Å²) in [6, 6.07) is 3.45. The summed E-state index contributed by atoms with van der Waals surface area (Å²) >= 11 is 0. The molecule has 1 rings (SSSR count). The largest absolute Gasteiger partial charge is 0.493 e. The van der Waals surface area contributed by atoms with Crippen LogP contribution in [0, 0.1) is 0 Å². The average molecular weight is 260 g/mol. The number of alkyl halides is 2. The van der Waals surface area contributed by atoms with Crippen LogP contribution in [0.3, 0.4) is 0 Å². The lowest BCUT2D eigenvalue weighted by Crippen LogP contribution is -2.32. The van der Waals surface area contributed by atoms with Crippen LogP contribution < -0.4 is 20.5 Å². The lowest BCUT2D eigenvalue weighted by atomic mass is 10.2. The number of ether oxygens (including phenoxy) is 2. The van der Waals surface area contributed by atoms with E-state index in [9.17, 15) is 13.6 Å². The van der Waals surface area contributed by atoms with Gasteiger partial charge in [-0.05, 0) is 19.1 Å². The van der Waals surface area contributed by atoms with Crippen molar-refractivity contribution in [2.75, 3.05) is 12.4 Å². The molecule has 0 fully saturated rings. The van der Waals surface area contributed by atoms with E-state index in [1.54, 1.807) is 0 Å². The van der Waals surface area contributed by atoms with Crippen LogP contribution in [-0.4, -0.2) is 25.7 Å². The molecule has 0 spiro atoms. The number of benzene rings is 1. The number of nitrogens with two attached hydrogens (primary N) is 1. The highest BCUT2D eigenvalue weighted by molar-refractivity contribution is 5.94. The molecule has 1 aromatic carbocycles. The highest BCUT2D eigenvalue weighted by Crippen LogP contribution is 2.31. The Labute approximate surface area is 103 Å². The van der Waals surface area contributed by atoms with Crippen molar-refractivity contribution in [1.82, 2.24) is 0 Å². The first-order chi connectivity index (χ1) is 8.43. The predicted octanol–water partition coefficient (Wildman–Crippen LogP) is 1.58. The number of carbonyl (C=O) groups is 1. The Morgan fingerprint density at radius 3 is 2.56 bits per heavy atom. The van der Waals surface area contributed by atoms with Gasteiger partial charge in [0.05, 0.1) is 13.2 Å². The Morgan fingerprint density at radius 2 is 2.06 bits per heavy atom. The van der Waals surface area contributed by atoms with Crippen molar-refractivity contribution in [3.8, 4) is 11.5 Å². The van der Waals surface area contributed by atoms with Gasteiger partial charge in [0.1, 0.15) is 0 Å². The fraction of sp³-hybridized carbons (Fsp3) is 0.364. The lowest BCUT2D eigenvalue weighted by Gasteiger charge is -2.13. The Bertz CT molecular complexity index is 425. The SMILES string of the molecule is COc1ccc(NC(=O)[C@@H](C)N)cc1OC(F)F. The van der Waals surface area contributed by atoms with Crippen molar-refractivity contribution in [1.29, 1.82) is 0 Å². The van der Waals surface area contributed by atoms with Crippen molar-refractivity contribution in [2.45, 2.75) is 19.6 Å². The summed E-state index contributed by atoms with van der Waals surface area (Å²) in [6.45, 7) is -1.46. The van der Waals surface area contributed by atoms with E-state index in [4.69, 9.17) is 10.5 Å². The average Bonchev–Trinajstić information content (AvgIpc) is 2.28. The molecule has 0 unspecified atom stereocenters. The highest BCUT2D eigenvalue weighted by atomic mass is 19.3. The predicted molar refractivity (Wildman–Crippen MR) is 61.9 cm³/mol. The topological polar surface area (TPSA) is 73.6 Å². The maximum atomic E-state index is 12.2. The molecular weight excluding hydrogens is 246 g/mol. The Balaban J connectivity index is 2.92. The van der Waals surface area contributed by atoms with E-state index in [0.717, 1.165) is 0 Å². The van der Waals surface area contributed by atoms with E-state index in [-0.39, 0.29) is 11.5 Å². The van der Waals surface area contributed by atoms with Crippen LogP contribution in [0.5, 0.6) is 11.5 Å². The van der Waals surface area contributed by atoms with Gasteiger partial charge in [0.15, 0.2) is 11.5 Å². The quantitative estimate of drug-likeness (QED) is 0.843. The van der Waals surface area contributed by atoms with E-state index >= 15 is 0 Å². The number of carbonyl (C=O) groups excluding carboxylic acids is 1. The molecule has 18 heavy (non-hydrogen) atoms. The zero-order chi connectivity index (χ0) is 13.7. The van der Waals surface area contributed by atoms with E-state index in [0.29, 0.717) is 5.69 Å². The molecule has 3 N–H and O–H groups in total. The molecule has 100 valence electrons. The molecule has 1 atom stereocenters. The van der Waals surface area contributed by atoms with E-state index in [1.165, 1.54) is 32.2 Å². The normalized spacial score (nSPS) is 12.1. The first-order valence-electron chi connectivity index (χ1n) is 5.13. The van der Waals surface area contributed by atoms with Gasteiger partial charge in [-0.2, -0.15) is 8.78 Å². The molecule has 1 aromatic rings. The van der Waals surface area contributed by atoms with Crippen molar-refractivity contribution in [3.05, 3.63) is 18.2 Å². The standard InChI is InChI=1S/C11H14F2N2O3/c1-6(14)10(16)15-7-3-4-8(17-2)9(5-7)18-11(12)13/h3-6,11H,14H2,1-2H3,(H,15,16)/t6-/m1/s1. The zero-order valence-electron chi connectivity index (χ0n) is 9.94. The molecule has 7 heteroatoms. The summed E-state index contributed by atoms with van der Waals surface area (Å²) in [6.07, 6.45) is 0. The van der Waals surface area contributed by atoms with Gasteiger partial charge in [0.2, 0.25) is 5.91 Å². The molecular formula is C11H14F2N2O3. The number of hydrogen-bond acceptors (Lipinski definition) is 4. The van der Waals surface area contributed by atoms with Crippen molar-refractivity contribution in [3.63, 3.8) is 0 Å². The van der Waals surface area contributed by atoms with Gasteiger partial charge >= 0.3 is 6.61 Å². The Kier molecular flexibility index (Phi) is 4.85. The number of amides is 1. The highest BCUT2D eigenvalue weighted by Gasteiger charge is 2.13. The van der Waals surface area contributed by atoms with E-state index < -0.39 is 18.6 Å². The van der Waals surface area contributed by atoms with Crippen molar-refractivity contribution in [2.24, 2.45) is 5.73 Å². The number of nitrogens with one attached hydrogen (secondary N) is 1. The van der Waals surface area contributed by atoms with Crippen molar-refractivity contribution < 1.29 is 23.0 Å². The molecule has 0 bridgehead atoms. The smallest absolute Gasteiger partial charge is 0.387 e. The molecule has 0 saturated heterocycles. The fourth-order valence-corrected chi connectivity index (χ4v) is 1.20. The summed E-state index contributed by atoms with van der Waals surface area (Å²) < 4.78 is 33.5. The maximum Gasteiger partial charge on any atom is 0.387 e. The molecule has 5 nitrogen and oxygen atoms in total. The number of anilines is 1. The third kappa shape index (κ3) is 3.85. The minimum absolute atomic E-state index is 0.147. The van der Waals surface area contributed by atoms with Crippen LogP contribution >= 0.6 is 0 Å². The minimum atomic E-state index is -2.97. The summed E-state index contributed by atoms with van der Waals surface area (Å²) in [5.74, 6) is -0.438. The molecule has 0 radical (unpaired) electrons. The molecule has 1 amide bonds. The van der Waals surface area contributed by atoms with Crippen LogP contribution in [0.2, 0.25) is 0 Å². The van der Waals surface area contributed by atoms with Gasteiger partial charge < -0.3 is 20.5 Å². The second-order valence-electron chi connectivity index (χ2n) is 3.52. The molecule has 0 aliphatic heterocycles. The monoisotopic (exact) mass is 260 g/mol. The van der Waals surface area contributed by atoms with Crippen LogP contribution in [0.1, 0.15) is 6.92 Å². The van der Waals surface area contributed by atoms with Gasteiger partial charge in [0.25, 0.3) is 0 Å². The number of methoxy groups -OCH3 is 1. The minimum Gasteiger partial charge on any atom is -0.493 e. The second kappa shape index (κ2) is 6.15. The Hall–Kier alpha value is -1.89. The van der Waals surface area contributed by atoms with Crippen LogP contribution in [0.25, 0.3) is 0 Å². The number of hydrogen-bond donors (Lipinski definition) is 2. The maximum absolute atomic E-state index is 12.2.